The normalized spacial score (nSPS) is 10.3. The molecule has 1 aromatic rings. The number of nitrogens with zero attached hydrogens (tertiary/aromatic N) is 3. The maximum absolute atomic E-state index is 11.2. The van der Waals surface area contributed by atoms with E-state index in [-0.39, 0.29) is 36.1 Å². The first-order chi connectivity index (χ1) is 10.3. The molecular weight excluding hydrogens is 360 g/mol. The molecule has 0 saturated heterocycles. The highest BCUT2D eigenvalue weighted by Crippen LogP contribution is 2.39. The number of hydrogen-bond acceptors (Lipinski definition) is 6. The van der Waals surface area contributed by atoms with Gasteiger partial charge in [-0.2, -0.15) is 0 Å². The van der Waals surface area contributed by atoms with E-state index in [4.69, 9.17) is 34.8 Å². The van der Waals surface area contributed by atoms with E-state index in [1.807, 2.05) is 0 Å². The molecule has 0 aliphatic carbocycles. The Balaban J connectivity index is 3.66. The van der Waals surface area contributed by atoms with Gasteiger partial charge in [0.05, 0.1) is 9.85 Å². The number of nitro groups is 2. The van der Waals surface area contributed by atoms with Crippen LogP contribution in [-0.4, -0.2) is 39.9 Å². The standard InChI is InChI=1S/C11H10Cl3N3O5/c12-1-3-15(4-2-13)10-8(16(19)20)5-7(11(14)18)6-9(10)17(21)22/h5-6H,1-4H2. The van der Waals surface area contributed by atoms with E-state index in [1.165, 1.54) is 4.90 Å². The maximum atomic E-state index is 11.2. The lowest BCUT2D eigenvalue weighted by Gasteiger charge is -2.22. The molecule has 0 saturated carbocycles. The Labute approximate surface area is 139 Å². The van der Waals surface area contributed by atoms with E-state index >= 15 is 0 Å². The summed E-state index contributed by atoms with van der Waals surface area (Å²) in [5.41, 5.74) is -1.79. The molecule has 0 N–H and O–H groups in total. The molecule has 0 aliphatic heterocycles. The Morgan fingerprint density at radius 1 is 1.05 bits per heavy atom. The van der Waals surface area contributed by atoms with E-state index < -0.39 is 26.5 Å². The first kappa shape index (κ1) is 18.4. The zero-order chi connectivity index (χ0) is 16.9. The summed E-state index contributed by atoms with van der Waals surface area (Å²) in [4.78, 5) is 33.3. The Hall–Kier alpha value is -1.64. The summed E-state index contributed by atoms with van der Waals surface area (Å²) in [7, 11) is 0. The van der Waals surface area contributed by atoms with Crippen molar-refractivity contribution in [3.05, 3.63) is 37.9 Å². The SMILES string of the molecule is O=C(Cl)c1cc([N+](=O)[O-])c(N(CCCl)CCCl)c([N+](=O)[O-])c1. The summed E-state index contributed by atoms with van der Waals surface area (Å²) < 4.78 is 0. The Kier molecular flexibility index (Phi) is 6.79. The highest BCUT2D eigenvalue weighted by atomic mass is 35.5. The quantitative estimate of drug-likeness (QED) is 0.301. The van der Waals surface area contributed by atoms with E-state index in [2.05, 4.69) is 0 Å². The highest BCUT2D eigenvalue weighted by molar-refractivity contribution is 6.67. The molecule has 0 amide bonds. The van der Waals surface area contributed by atoms with Crippen molar-refractivity contribution in [2.45, 2.75) is 0 Å². The molecule has 0 fully saturated rings. The van der Waals surface area contributed by atoms with Gasteiger partial charge in [-0.1, -0.05) is 0 Å². The van der Waals surface area contributed by atoms with Crippen molar-refractivity contribution in [3.63, 3.8) is 0 Å². The van der Waals surface area contributed by atoms with Crippen LogP contribution in [-0.2, 0) is 0 Å². The first-order valence-corrected chi connectivity index (χ1v) is 7.31. The fraction of sp³-hybridized carbons (Fsp3) is 0.364. The van der Waals surface area contributed by atoms with Gasteiger partial charge in [0.25, 0.3) is 16.6 Å². The topological polar surface area (TPSA) is 107 Å². The van der Waals surface area contributed by atoms with Gasteiger partial charge in [-0.25, -0.2) is 0 Å². The molecular formula is C11H10Cl3N3O5. The second kappa shape index (κ2) is 8.11. The molecule has 0 unspecified atom stereocenters. The van der Waals surface area contributed by atoms with Crippen LogP contribution in [0.25, 0.3) is 0 Å². The van der Waals surface area contributed by atoms with E-state index in [1.54, 1.807) is 0 Å². The molecule has 0 aromatic heterocycles. The molecule has 0 aliphatic rings. The zero-order valence-electron chi connectivity index (χ0n) is 11.0. The average molecular weight is 371 g/mol. The second-order valence-corrected chi connectivity index (χ2v) is 5.12. The van der Waals surface area contributed by atoms with Crippen molar-refractivity contribution >= 4 is 57.1 Å². The minimum atomic E-state index is -1.03. The van der Waals surface area contributed by atoms with Gasteiger partial charge in [-0.3, -0.25) is 25.0 Å². The van der Waals surface area contributed by atoms with Crippen molar-refractivity contribution < 1.29 is 14.6 Å². The summed E-state index contributed by atoms with van der Waals surface area (Å²) in [5, 5.41) is 21.4. The van der Waals surface area contributed by atoms with Crippen LogP contribution in [0.2, 0.25) is 0 Å². The predicted molar refractivity (Wildman–Crippen MR) is 83.6 cm³/mol. The summed E-state index contributed by atoms with van der Waals surface area (Å²) in [6.07, 6.45) is 0. The number of carbonyl (C=O) groups excluding carboxylic acids is 1. The van der Waals surface area contributed by atoms with Gasteiger partial charge in [-0.05, 0) is 11.6 Å². The fourth-order valence-corrected chi connectivity index (χ4v) is 2.38. The van der Waals surface area contributed by atoms with Crippen LogP contribution >= 0.6 is 34.8 Å². The molecule has 0 bridgehead atoms. The summed E-state index contributed by atoms with van der Waals surface area (Å²) in [6, 6.07) is 1.79. The van der Waals surface area contributed by atoms with Gasteiger partial charge in [0.2, 0.25) is 0 Å². The van der Waals surface area contributed by atoms with Crippen LogP contribution in [0.1, 0.15) is 10.4 Å². The summed E-state index contributed by atoms with van der Waals surface area (Å²) in [6.45, 7) is 0.230. The number of halogens is 3. The largest absolute Gasteiger partial charge is 0.358 e. The van der Waals surface area contributed by atoms with Crippen molar-refractivity contribution in [2.75, 3.05) is 29.7 Å². The van der Waals surface area contributed by atoms with Crippen LogP contribution in [0.15, 0.2) is 12.1 Å². The van der Waals surface area contributed by atoms with Gasteiger partial charge in [-0.15, -0.1) is 23.2 Å². The molecule has 0 atom stereocenters. The van der Waals surface area contributed by atoms with Gasteiger partial charge < -0.3 is 4.90 Å². The molecule has 8 nitrogen and oxygen atoms in total. The number of alkyl halides is 2. The first-order valence-electron chi connectivity index (χ1n) is 5.87. The number of nitro benzene ring substituents is 2. The molecule has 0 radical (unpaired) electrons. The minimum absolute atomic E-state index is 0.0847. The highest BCUT2D eigenvalue weighted by Gasteiger charge is 2.31. The van der Waals surface area contributed by atoms with Crippen molar-refractivity contribution in [3.8, 4) is 0 Å². The number of hydrogen-bond donors (Lipinski definition) is 0. The number of anilines is 1. The molecule has 11 heteroatoms. The second-order valence-electron chi connectivity index (χ2n) is 4.02. The lowest BCUT2D eigenvalue weighted by atomic mass is 10.1. The summed E-state index contributed by atoms with van der Waals surface area (Å²) >= 11 is 16.5. The minimum Gasteiger partial charge on any atom is -0.358 e. The van der Waals surface area contributed by atoms with Crippen LogP contribution in [0.5, 0.6) is 0 Å². The maximum Gasteiger partial charge on any atom is 0.300 e. The Bertz CT molecular complexity index is 570. The Morgan fingerprint density at radius 3 is 1.73 bits per heavy atom. The van der Waals surface area contributed by atoms with E-state index in [9.17, 15) is 25.0 Å². The third kappa shape index (κ3) is 4.19. The van der Waals surface area contributed by atoms with Crippen LogP contribution in [0, 0.1) is 20.2 Å². The van der Waals surface area contributed by atoms with Crippen molar-refractivity contribution in [1.29, 1.82) is 0 Å². The predicted octanol–water partition coefficient (Wildman–Crippen LogP) is 3.17. The Morgan fingerprint density at radius 2 is 1.45 bits per heavy atom. The fourth-order valence-electron chi connectivity index (χ4n) is 1.86. The number of carbonyl (C=O) groups is 1. The van der Waals surface area contributed by atoms with Crippen LogP contribution in [0.4, 0.5) is 17.1 Å². The van der Waals surface area contributed by atoms with Crippen molar-refractivity contribution in [1.82, 2.24) is 0 Å². The van der Waals surface area contributed by atoms with Crippen molar-refractivity contribution in [2.24, 2.45) is 0 Å². The molecule has 0 heterocycles. The summed E-state index contributed by atoms with van der Waals surface area (Å²) in [5.74, 6) is 0.169. The molecule has 1 aromatic carbocycles. The van der Waals surface area contributed by atoms with Gasteiger partial charge >= 0.3 is 0 Å². The van der Waals surface area contributed by atoms with E-state index in [0.29, 0.717) is 0 Å². The number of rotatable bonds is 8. The van der Waals surface area contributed by atoms with Gasteiger partial charge in [0, 0.05) is 42.5 Å². The lowest BCUT2D eigenvalue weighted by molar-refractivity contribution is -0.392. The third-order valence-corrected chi connectivity index (χ3v) is 3.27. The molecule has 22 heavy (non-hydrogen) atoms. The monoisotopic (exact) mass is 369 g/mol. The third-order valence-electron chi connectivity index (χ3n) is 2.72. The molecule has 120 valence electrons. The smallest absolute Gasteiger partial charge is 0.300 e. The zero-order valence-corrected chi connectivity index (χ0v) is 13.3. The van der Waals surface area contributed by atoms with Crippen LogP contribution < -0.4 is 4.90 Å². The molecule has 0 spiro atoms. The number of benzene rings is 1. The molecule has 1 rings (SSSR count). The van der Waals surface area contributed by atoms with Gasteiger partial charge in [0.15, 0.2) is 5.69 Å². The lowest BCUT2D eigenvalue weighted by Crippen LogP contribution is -2.29. The van der Waals surface area contributed by atoms with Gasteiger partial charge in [0.1, 0.15) is 0 Å². The average Bonchev–Trinajstić information content (AvgIpc) is 2.45. The van der Waals surface area contributed by atoms with E-state index in [0.717, 1.165) is 12.1 Å². The van der Waals surface area contributed by atoms with Crippen LogP contribution in [0.3, 0.4) is 0 Å².